The number of halogens is 3. The molecule has 2 aromatic heterocycles. The van der Waals surface area contributed by atoms with Gasteiger partial charge in [-0.15, -0.1) is 0 Å². The van der Waals surface area contributed by atoms with E-state index in [1.807, 2.05) is 0 Å². The second kappa shape index (κ2) is 16.7. The zero-order chi connectivity index (χ0) is 34.6. The first-order chi connectivity index (χ1) is 21.5. The van der Waals surface area contributed by atoms with Crippen molar-refractivity contribution in [3.8, 4) is 5.75 Å². The van der Waals surface area contributed by atoms with Gasteiger partial charge in [0, 0.05) is 24.1 Å². The molecule has 3 aromatic rings. The molecule has 0 atom stereocenters. The molecule has 5 N–H and O–H groups in total. The topological polar surface area (TPSA) is 187 Å². The third-order valence-electron chi connectivity index (χ3n) is 5.73. The number of anilines is 1. The lowest BCUT2D eigenvalue weighted by molar-refractivity contribution is -0.116. The molecule has 0 aliphatic rings. The predicted octanol–water partition coefficient (Wildman–Crippen LogP) is 4.28. The van der Waals surface area contributed by atoms with Crippen LogP contribution in [0.5, 0.6) is 5.75 Å². The second-order valence-electron chi connectivity index (χ2n) is 10.6. The highest BCUT2D eigenvalue weighted by molar-refractivity contribution is 5.95. The summed E-state index contributed by atoms with van der Waals surface area (Å²) in [5, 5.41) is 2.71. The van der Waals surface area contributed by atoms with E-state index in [0.29, 0.717) is 12.8 Å². The van der Waals surface area contributed by atoms with Crippen molar-refractivity contribution in [1.82, 2.24) is 9.13 Å². The Labute approximate surface area is 261 Å². The van der Waals surface area contributed by atoms with Crippen molar-refractivity contribution < 1.29 is 46.6 Å². The number of carbonyl (C=O) groups excluding carboxylic acids is 4. The fourth-order valence-electron chi connectivity index (χ4n) is 3.95. The van der Waals surface area contributed by atoms with Crippen LogP contribution in [-0.2, 0) is 25.6 Å². The van der Waals surface area contributed by atoms with Crippen molar-refractivity contribution in [2.45, 2.75) is 58.6 Å². The molecule has 0 saturated heterocycles. The number of hydrogen-bond acceptors (Lipinski definition) is 8. The Bertz CT molecular complexity index is 1640. The van der Waals surface area contributed by atoms with E-state index in [4.69, 9.17) is 15.2 Å². The number of aromatic nitrogens is 2. The molecule has 16 heteroatoms. The Morgan fingerprint density at radius 1 is 1.11 bits per heavy atom. The smallest absolute Gasteiger partial charge is 0.419 e. The molecule has 250 valence electrons. The first kappa shape index (κ1) is 36.9. The average Bonchev–Trinajstić information content (AvgIpc) is 3.30. The average molecular weight is 652 g/mol. The van der Waals surface area contributed by atoms with Crippen LogP contribution in [0.15, 0.2) is 53.5 Å². The second-order valence-corrected chi connectivity index (χ2v) is 10.6. The van der Waals surface area contributed by atoms with Crippen LogP contribution < -0.4 is 27.1 Å². The normalized spacial score (nSPS) is 11.2. The minimum atomic E-state index is -2.85. The van der Waals surface area contributed by atoms with Crippen LogP contribution in [0, 0.1) is 5.82 Å². The Morgan fingerprint density at radius 3 is 2.37 bits per heavy atom. The van der Waals surface area contributed by atoms with Gasteiger partial charge in [-0.05, 0) is 64.0 Å². The molecular formula is C30H36F3N5O8. The largest absolute Gasteiger partial charge is 0.485 e. The van der Waals surface area contributed by atoms with Crippen molar-refractivity contribution in [1.29, 1.82) is 0 Å². The van der Waals surface area contributed by atoms with E-state index in [1.54, 1.807) is 26.8 Å². The number of hydrogen-bond donors (Lipinski definition) is 3. The number of benzene rings is 1. The molecule has 0 aliphatic heterocycles. The number of alkyl halides is 2. The van der Waals surface area contributed by atoms with E-state index in [1.165, 1.54) is 42.1 Å². The number of ether oxygens (including phenoxy) is 3. The number of nitrogens with zero attached hydrogens (tertiary/aromatic N) is 2. The monoisotopic (exact) mass is 651 g/mol. The van der Waals surface area contributed by atoms with Gasteiger partial charge in [0.25, 0.3) is 12.0 Å². The highest BCUT2D eigenvalue weighted by Gasteiger charge is 2.25. The Kier molecular flexibility index (Phi) is 13.4. The number of nitrogens with one attached hydrogen (secondary N) is 1. The quantitative estimate of drug-likeness (QED) is 0.202. The van der Waals surface area contributed by atoms with Gasteiger partial charge in [0.05, 0.1) is 19.3 Å². The molecule has 3 amide bonds. The third kappa shape index (κ3) is 11.7. The Morgan fingerprint density at radius 2 is 1.78 bits per heavy atom. The highest BCUT2D eigenvalue weighted by atomic mass is 19.3. The first-order valence-corrected chi connectivity index (χ1v) is 13.8. The van der Waals surface area contributed by atoms with Gasteiger partial charge in [0.1, 0.15) is 35.0 Å². The lowest BCUT2D eigenvalue weighted by atomic mass is 10.2. The van der Waals surface area contributed by atoms with Crippen LogP contribution in [0.2, 0.25) is 0 Å². The number of carbonyl (C=O) groups is 4. The molecule has 0 fully saturated rings. The van der Waals surface area contributed by atoms with Crippen LogP contribution in [0.4, 0.5) is 28.4 Å². The van der Waals surface area contributed by atoms with E-state index >= 15 is 0 Å². The molecule has 0 unspecified atom stereocenters. The maximum Gasteiger partial charge on any atom is 0.419 e. The Balaban J connectivity index is 0.00000136. The highest BCUT2D eigenvalue weighted by Crippen LogP contribution is 2.32. The summed E-state index contributed by atoms with van der Waals surface area (Å²) < 4.78 is 56.9. The molecule has 0 radical (unpaired) electrons. The summed E-state index contributed by atoms with van der Waals surface area (Å²) in [5.74, 6) is -2.09. The molecule has 0 spiro atoms. The molecule has 2 heterocycles. The SMILES string of the molecule is CC(C)(C)OC(=O)n1c(Cn2cccc(NC(=O)CCC/C=C/C(N)=O)c2=O)cc2cc(F)cc(OCC(F)F)c21.COC(N)=O. The van der Waals surface area contributed by atoms with E-state index in [-0.39, 0.29) is 41.0 Å². The van der Waals surface area contributed by atoms with E-state index < -0.39 is 54.0 Å². The van der Waals surface area contributed by atoms with Crippen LogP contribution in [0.1, 0.15) is 45.7 Å². The van der Waals surface area contributed by atoms with Crippen molar-refractivity contribution >= 4 is 40.6 Å². The number of fused-ring (bicyclic) bond motifs is 1. The first-order valence-electron chi connectivity index (χ1n) is 13.8. The molecular weight excluding hydrogens is 615 g/mol. The maximum atomic E-state index is 14.4. The summed E-state index contributed by atoms with van der Waals surface area (Å²) in [5.41, 5.74) is 8.08. The third-order valence-corrected chi connectivity index (χ3v) is 5.73. The number of amides is 3. The number of methoxy groups -OCH3 is 1. The van der Waals surface area contributed by atoms with Crippen molar-refractivity contribution in [2.75, 3.05) is 19.0 Å². The summed E-state index contributed by atoms with van der Waals surface area (Å²) in [6.45, 7) is 3.65. The van der Waals surface area contributed by atoms with Crippen LogP contribution >= 0.6 is 0 Å². The standard InChI is InChI=1S/C28H31F3N4O6.C2H5NO2/c1-28(2,3)41-27(39)35-19(13-17-12-18(29)14-21(25(17)35)40-16-22(30)31)15-34-11-7-8-20(26(34)38)33-24(37)10-6-4-5-9-23(32)36;1-5-2(3)4/h5,7-9,11-14,22H,4,6,10,15-16H2,1-3H3,(H2,32,36)(H,33,37);1H3,(H2,3,4)/b9-5+;. The van der Waals surface area contributed by atoms with E-state index in [0.717, 1.165) is 16.7 Å². The van der Waals surface area contributed by atoms with Gasteiger partial charge in [-0.1, -0.05) is 6.08 Å². The molecule has 3 rings (SSSR count). The number of nitrogens with two attached hydrogens (primary N) is 2. The number of pyridine rings is 1. The molecule has 46 heavy (non-hydrogen) atoms. The van der Waals surface area contributed by atoms with E-state index in [9.17, 15) is 37.1 Å². The summed E-state index contributed by atoms with van der Waals surface area (Å²) in [6, 6.07) is 6.35. The zero-order valence-corrected chi connectivity index (χ0v) is 25.7. The molecule has 13 nitrogen and oxygen atoms in total. The van der Waals surface area contributed by atoms with Crippen molar-refractivity contribution in [3.63, 3.8) is 0 Å². The van der Waals surface area contributed by atoms with E-state index in [2.05, 4.69) is 15.8 Å². The fourth-order valence-corrected chi connectivity index (χ4v) is 3.95. The van der Waals surface area contributed by atoms with Crippen LogP contribution in [0.3, 0.4) is 0 Å². The Hall–Kier alpha value is -5.28. The summed E-state index contributed by atoms with van der Waals surface area (Å²) >= 11 is 0. The lowest BCUT2D eigenvalue weighted by Gasteiger charge is -2.21. The minimum absolute atomic E-state index is 0.000749. The molecule has 1 aromatic carbocycles. The number of primary amides is 2. The van der Waals surface area contributed by atoms with Crippen LogP contribution in [-0.4, -0.2) is 58.9 Å². The van der Waals surface area contributed by atoms with Gasteiger partial charge < -0.3 is 35.6 Å². The van der Waals surface area contributed by atoms with Crippen molar-refractivity contribution in [2.24, 2.45) is 11.5 Å². The lowest BCUT2D eigenvalue weighted by Crippen LogP contribution is -2.30. The predicted molar refractivity (Wildman–Crippen MR) is 162 cm³/mol. The van der Waals surface area contributed by atoms with Gasteiger partial charge in [-0.25, -0.2) is 27.3 Å². The summed E-state index contributed by atoms with van der Waals surface area (Å²) in [4.78, 5) is 58.9. The fraction of sp³-hybridized carbons (Fsp3) is 0.367. The number of unbranched alkanes of at least 4 members (excludes halogenated alkanes) is 1. The number of allylic oxidation sites excluding steroid dienone is 1. The van der Waals surface area contributed by atoms with Gasteiger partial charge in [0.2, 0.25) is 11.8 Å². The molecule has 0 bridgehead atoms. The van der Waals surface area contributed by atoms with Gasteiger partial charge >= 0.3 is 12.2 Å². The minimum Gasteiger partial charge on any atom is -0.485 e. The van der Waals surface area contributed by atoms with Gasteiger partial charge in [0.15, 0.2) is 0 Å². The zero-order valence-electron chi connectivity index (χ0n) is 25.7. The number of rotatable bonds is 11. The van der Waals surface area contributed by atoms with Crippen molar-refractivity contribution in [3.05, 3.63) is 70.5 Å². The molecule has 0 saturated carbocycles. The summed E-state index contributed by atoms with van der Waals surface area (Å²) in [7, 11) is 1.22. The summed E-state index contributed by atoms with van der Waals surface area (Å²) in [6.07, 6.45) is 0.630. The van der Waals surface area contributed by atoms with Gasteiger partial charge in [-0.3, -0.25) is 14.4 Å². The van der Waals surface area contributed by atoms with Gasteiger partial charge in [-0.2, -0.15) is 0 Å². The van der Waals surface area contributed by atoms with Crippen LogP contribution in [0.25, 0.3) is 10.9 Å². The molecule has 0 aliphatic carbocycles. The maximum absolute atomic E-state index is 14.4.